The number of nitrogens with zero attached hydrogens (tertiary/aromatic N) is 2. The van der Waals surface area contributed by atoms with Crippen LogP contribution in [0.1, 0.15) is 20.2 Å². The van der Waals surface area contributed by atoms with Crippen LogP contribution in [0.4, 0.5) is 5.69 Å². The standard InChI is InChI=1S/C21H21N3O2S/c25-12-10-22-13-16-14-23-20(27-16)21(26)24-11-9-18-17(7-4-8-19(18)24)15-5-2-1-3-6-15/h1-8,14,22,25H,9-13H2. The number of nitrogens with one attached hydrogen (secondary N) is 1. The summed E-state index contributed by atoms with van der Waals surface area (Å²) in [5.41, 5.74) is 4.57. The Hall–Kier alpha value is -2.54. The van der Waals surface area contributed by atoms with Crippen LogP contribution in [0.3, 0.4) is 0 Å². The number of anilines is 1. The molecule has 2 heterocycles. The fourth-order valence-corrected chi connectivity index (χ4v) is 4.26. The van der Waals surface area contributed by atoms with E-state index in [-0.39, 0.29) is 12.5 Å². The molecule has 0 fully saturated rings. The van der Waals surface area contributed by atoms with Crippen LogP contribution in [0.25, 0.3) is 11.1 Å². The van der Waals surface area contributed by atoms with E-state index in [0.29, 0.717) is 24.6 Å². The van der Waals surface area contributed by atoms with Crippen molar-refractivity contribution in [1.29, 1.82) is 0 Å². The van der Waals surface area contributed by atoms with E-state index in [4.69, 9.17) is 5.11 Å². The van der Waals surface area contributed by atoms with E-state index in [9.17, 15) is 4.79 Å². The number of rotatable bonds is 6. The summed E-state index contributed by atoms with van der Waals surface area (Å²) >= 11 is 1.41. The number of aromatic nitrogens is 1. The predicted octanol–water partition coefficient (Wildman–Crippen LogP) is 3.09. The second kappa shape index (κ2) is 8.00. The summed E-state index contributed by atoms with van der Waals surface area (Å²) in [6.45, 7) is 1.91. The highest BCUT2D eigenvalue weighted by Gasteiger charge is 2.29. The Morgan fingerprint density at radius 1 is 1.19 bits per heavy atom. The molecule has 0 aliphatic carbocycles. The number of benzene rings is 2. The van der Waals surface area contributed by atoms with Crippen molar-refractivity contribution in [2.75, 3.05) is 24.6 Å². The maximum atomic E-state index is 13.0. The zero-order chi connectivity index (χ0) is 18.6. The summed E-state index contributed by atoms with van der Waals surface area (Å²) in [5.74, 6) is -0.0441. The van der Waals surface area contributed by atoms with Gasteiger partial charge in [0, 0.05) is 36.4 Å². The lowest BCUT2D eigenvalue weighted by molar-refractivity contribution is 0.0989. The van der Waals surface area contributed by atoms with Gasteiger partial charge in [0.1, 0.15) is 0 Å². The first-order valence-corrected chi connectivity index (χ1v) is 9.85. The van der Waals surface area contributed by atoms with Gasteiger partial charge in [-0.1, -0.05) is 42.5 Å². The van der Waals surface area contributed by atoms with Gasteiger partial charge in [0.2, 0.25) is 0 Å². The summed E-state index contributed by atoms with van der Waals surface area (Å²) < 4.78 is 0. The van der Waals surface area contributed by atoms with Crippen molar-refractivity contribution in [3.63, 3.8) is 0 Å². The molecular weight excluding hydrogens is 358 g/mol. The lowest BCUT2D eigenvalue weighted by Crippen LogP contribution is -2.28. The number of hydrogen-bond donors (Lipinski definition) is 2. The fourth-order valence-electron chi connectivity index (χ4n) is 3.43. The minimum absolute atomic E-state index is 0.0441. The zero-order valence-electron chi connectivity index (χ0n) is 14.9. The van der Waals surface area contributed by atoms with Gasteiger partial charge in [-0.15, -0.1) is 11.3 Å². The molecule has 5 nitrogen and oxygen atoms in total. The smallest absolute Gasteiger partial charge is 0.287 e. The minimum Gasteiger partial charge on any atom is -0.395 e. The fraction of sp³-hybridized carbons (Fsp3) is 0.238. The molecule has 1 amide bonds. The predicted molar refractivity (Wildman–Crippen MR) is 108 cm³/mol. The van der Waals surface area contributed by atoms with Crippen LogP contribution in [0.5, 0.6) is 0 Å². The normalized spacial score (nSPS) is 13.0. The van der Waals surface area contributed by atoms with E-state index in [0.717, 1.165) is 17.0 Å². The maximum Gasteiger partial charge on any atom is 0.287 e. The Bertz CT molecular complexity index is 940. The molecule has 0 atom stereocenters. The third-order valence-electron chi connectivity index (χ3n) is 4.68. The van der Waals surface area contributed by atoms with E-state index < -0.39 is 0 Å². The van der Waals surface area contributed by atoms with Gasteiger partial charge in [0.25, 0.3) is 5.91 Å². The Kier molecular flexibility index (Phi) is 5.29. The summed E-state index contributed by atoms with van der Waals surface area (Å²) in [6.07, 6.45) is 2.59. The maximum absolute atomic E-state index is 13.0. The third kappa shape index (κ3) is 3.64. The zero-order valence-corrected chi connectivity index (χ0v) is 15.7. The Balaban J connectivity index is 1.57. The molecule has 3 aromatic rings. The number of carbonyl (C=O) groups excluding carboxylic acids is 1. The molecule has 0 bridgehead atoms. The van der Waals surface area contributed by atoms with Crippen LogP contribution in [0.2, 0.25) is 0 Å². The molecule has 4 rings (SSSR count). The molecule has 6 heteroatoms. The van der Waals surface area contributed by atoms with Crippen molar-refractivity contribution < 1.29 is 9.90 Å². The van der Waals surface area contributed by atoms with E-state index in [1.807, 2.05) is 35.2 Å². The second-order valence-corrected chi connectivity index (χ2v) is 7.52. The number of thiazole rings is 1. The Labute approximate surface area is 162 Å². The van der Waals surface area contributed by atoms with Gasteiger partial charge in [-0.25, -0.2) is 4.98 Å². The SMILES string of the molecule is O=C(c1ncc(CNCCO)s1)N1CCc2c(-c3ccccc3)cccc21. The van der Waals surface area contributed by atoms with Gasteiger partial charge < -0.3 is 15.3 Å². The van der Waals surface area contributed by atoms with E-state index in [1.54, 1.807) is 6.20 Å². The molecule has 0 spiro atoms. The molecule has 2 N–H and O–H groups in total. The van der Waals surface area contributed by atoms with Crippen molar-refractivity contribution in [2.45, 2.75) is 13.0 Å². The molecule has 1 aliphatic rings. The number of hydrogen-bond acceptors (Lipinski definition) is 5. The average molecular weight is 379 g/mol. The van der Waals surface area contributed by atoms with Gasteiger partial charge in [-0.05, 0) is 29.2 Å². The summed E-state index contributed by atoms with van der Waals surface area (Å²) in [4.78, 5) is 20.2. The topological polar surface area (TPSA) is 65.5 Å². The van der Waals surface area contributed by atoms with E-state index in [1.165, 1.54) is 28.0 Å². The highest BCUT2D eigenvalue weighted by Crippen LogP contribution is 2.37. The number of aliphatic hydroxyl groups excluding tert-OH is 1. The molecule has 138 valence electrons. The molecular formula is C21H21N3O2S. The summed E-state index contributed by atoms with van der Waals surface area (Å²) in [5, 5.41) is 12.5. The largest absolute Gasteiger partial charge is 0.395 e. The minimum atomic E-state index is -0.0441. The lowest BCUT2D eigenvalue weighted by atomic mass is 9.98. The first-order chi connectivity index (χ1) is 13.3. The van der Waals surface area contributed by atoms with Crippen LogP contribution in [0, 0.1) is 0 Å². The number of amides is 1. The van der Waals surface area contributed by atoms with E-state index >= 15 is 0 Å². The molecule has 0 saturated heterocycles. The molecule has 0 unspecified atom stereocenters. The van der Waals surface area contributed by atoms with Gasteiger partial charge >= 0.3 is 0 Å². The van der Waals surface area contributed by atoms with Crippen molar-refractivity contribution in [1.82, 2.24) is 10.3 Å². The average Bonchev–Trinajstić information content (AvgIpc) is 3.35. The third-order valence-corrected chi connectivity index (χ3v) is 5.67. The molecule has 1 aliphatic heterocycles. The lowest BCUT2D eigenvalue weighted by Gasteiger charge is -2.16. The molecule has 27 heavy (non-hydrogen) atoms. The number of fused-ring (bicyclic) bond motifs is 1. The molecule has 0 radical (unpaired) electrons. The van der Waals surface area contributed by atoms with Crippen molar-refractivity contribution in [3.8, 4) is 11.1 Å². The van der Waals surface area contributed by atoms with Crippen LogP contribution in [-0.2, 0) is 13.0 Å². The highest BCUT2D eigenvalue weighted by atomic mass is 32.1. The second-order valence-electron chi connectivity index (χ2n) is 6.41. The molecule has 0 saturated carbocycles. The van der Waals surface area contributed by atoms with Crippen molar-refractivity contribution >= 4 is 22.9 Å². The number of carbonyl (C=O) groups is 1. The first-order valence-electron chi connectivity index (χ1n) is 9.03. The monoisotopic (exact) mass is 379 g/mol. The summed E-state index contributed by atoms with van der Waals surface area (Å²) in [6, 6.07) is 16.4. The Morgan fingerprint density at radius 2 is 2.04 bits per heavy atom. The van der Waals surface area contributed by atoms with Crippen molar-refractivity contribution in [2.24, 2.45) is 0 Å². The first kappa shape index (κ1) is 17.9. The van der Waals surface area contributed by atoms with E-state index in [2.05, 4.69) is 28.5 Å². The highest BCUT2D eigenvalue weighted by molar-refractivity contribution is 7.13. The molecule has 2 aromatic carbocycles. The van der Waals surface area contributed by atoms with Gasteiger partial charge in [-0.2, -0.15) is 0 Å². The van der Waals surface area contributed by atoms with Crippen LogP contribution in [-0.4, -0.2) is 35.7 Å². The Morgan fingerprint density at radius 3 is 2.85 bits per heavy atom. The van der Waals surface area contributed by atoms with Gasteiger partial charge in [0.05, 0.1) is 6.61 Å². The summed E-state index contributed by atoms with van der Waals surface area (Å²) in [7, 11) is 0. The van der Waals surface area contributed by atoms with Gasteiger partial charge in [0.15, 0.2) is 5.01 Å². The van der Waals surface area contributed by atoms with Crippen LogP contribution >= 0.6 is 11.3 Å². The van der Waals surface area contributed by atoms with Crippen LogP contribution in [0.15, 0.2) is 54.7 Å². The van der Waals surface area contributed by atoms with Crippen molar-refractivity contribution in [3.05, 3.63) is 70.2 Å². The molecule has 1 aromatic heterocycles. The quantitative estimate of drug-likeness (QED) is 0.646. The number of aliphatic hydroxyl groups is 1. The van der Waals surface area contributed by atoms with Crippen LogP contribution < -0.4 is 10.2 Å². The van der Waals surface area contributed by atoms with Gasteiger partial charge in [-0.3, -0.25) is 4.79 Å².